The first-order chi connectivity index (χ1) is 12.8. The molecule has 0 aliphatic rings. The minimum atomic E-state index is -1.36. The highest BCUT2D eigenvalue weighted by Crippen LogP contribution is 2.40. The van der Waals surface area contributed by atoms with Crippen molar-refractivity contribution < 1.29 is 28.9 Å². The molecule has 0 unspecified atom stereocenters. The third-order valence-electron chi connectivity index (χ3n) is 4.35. The number of carboxylic acid groups (broad SMARTS) is 1. The van der Waals surface area contributed by atoms with Gasteiger partial charge in [-0.15, -0.1) is 0 Å². The Morgan fingerprint density at radius 2 is 1.56 bits per heavy atom. The van der Waals surface area contributed by atoms with Crippen molar-refractivity contribution >= 4 is 17.6 Å². The van der Waals surface area contributed by atoms with Gasteiger partial charge in [0.05, 0.1) is 26.7 Å². The van der Waals surface area contributed by atoms with Gasteiger partial charge in [0.15, 0.2) is 11.5 Å². The molecule has 144 valence electrons. The summed E-state index contributed by atoms with van der Waals surface area (Å²) < 4.78 is 15.8. The molecule has 0 saturated heterocycles. The van der Waals surface area contributed by atoms with Crippen LogP contribution < -0.4 is 19.5 Å². The van der Waals surface area contributed by atoms with E-state index in [2.05, 4.69) is 5.32 Å². The monoisotopic (exact) mass is 373 g/mol. The SMILES string of the molecule is COc1cc(NC(=O)C[C@@](C)(C(=O)O)c2ccccc2)cc(OC)c1OC. The third-order valence-corrected chi connectivity index (χ3v) is 4.35. The summed E-state index contributed by atoms with van der Waals surface area (Å²) in [4.78, 5) is 24.4. The molecule has 1 atom stereocenters. The minimum Gasteiger partial charge on any atom is -0.493 e. The summed E-state index contributed by atoms with van der Waals surface area (Å²) in [6.45, 7) is 1.53. The van der Waals surface area contributed by atoms with Gasteiger partial charge in [-0.05, 0) is 12.5 Å². The standard InChI is InChI=1S/C20H23NO6/c1-20(19(23)24,13-8-6-5-7-9-13)12-17(22)21-14-10-15(25-2)18(27-4)16(11-14)26-3/h5-11H,12H2,1-4H3,(H,21,22)(H,23,24)/t20-/m1/s1. The summed E-state index contributed by atoms with van der Waals surface area (Å²) in [7, 11) is 4.43. The van der Waals surface area contributed by atoms with Gasteiger partial charge in [0.2, 0.25) is 11.7 Å². The molecule has 0 bridgehead atoms. The van der Waals surface area contributed by atoms with Crippen LogP contribution in [-0.4, -0.2) is 38.3 Å². The topological polar surface area (TPSA) is 94.1 Å². The highest BCUT2D eigenvalue weighted by Gasteiger charge is 2.37. The van der Waals surface area contributed by atoms with Crippen LogP contribution in [0.3, 0.4) is 0 Å². The summed E-state index contributed by atoms with van der Waals surface area (Å²) >= 11 is 0. The molecule has 7 heteroatoms. The van der Waals surface area contributed by atoms with Crippen LogP contribution in [0.1, 0.15) is 18.9 Å². The molecule has 27 heavy (non-hydrogen) atoms. The highest BCUT2D eigenvalue weighted by atomic mass is 16.5. The summed E-state index contributed by atoms with van der Waals surface area (Å²) in [5.41, 5.74) is -0.390. The van der Waals surface area contributed by atoms with Crippen molar-refractivity contribution in [2.45, 2.75) is 18.8 Å². The molecule has 1 amide bonds. The average Bonchev–Trinajstić information content (AvgIpc) is 2.67. The molecular weight excluding hydrogens is 350 g/mol. The molecule has 2 aromatic carbocycles. The Kier molecular flexibility index (Phi) is 6.28. The normalized spacial score (nSPS) is 12.6. The number of carboxylic acids is 1. The number of ether oxygens (including phenoxy) is 3. The Labute approximate surface area is 157 Å². The zero-order valence-corrected chi connectivity index (χ0v) is 15.7. The van der Waals surface area contributed by atoms with Gasteiger partial charge in [-0.1, -0.05) is 30.3 Å². The van der Waals surface area contributed by atoms with E-state index in [-0.39, 0.29) is 6.42 Å². The van der Waals surface area contributed by atoms with Crippen LogP contribution in [0, 0.1) is 0 Å². The second kappa shape index (κ2) is 8.44. The first-order valence-electron chi connectivity index (χ1n) is 8.24. The molecule has 2 rings (SSSR count). The van der Waals surface area contributed by atoms with E-state index in [1.165, 1.54) is 28.3 Å². The van der Waals surface area contributed by atoms with Crippen LogP contribution in [0.25, 0.3) is 0 Å². The van der Waals surface area contributed by atoms with E-state index in [9.17, 15) is 14.7 Å². The molecule has 0 spiro atoms. The number of anilines is 1. The molecule has 7 nitrogen and oxygen atoms in total. The molecule has 0 fully saturated rings. The van der Waals surface area contributed by atoms with Crippen LogP contribution in [0.4, 0.5) is 5.69 Å². The van der Waals surface area contributed by atoms with Gasteiger partial charge < -0.3 is 24.6 Å². The Balaban J connectivity index is 2.27. The maximum Gasteiger partial charge on any atom is 0.314 e. The van der Waals surface area contributed by atoms with Crippen molar-refractivity contribution in [3.63, 3.8) is 0 Å². The number of nitrogens with one attached hydrogen (secondary N) is 1. The molecule has 2 N–H and O–H groups in total. The Morgan fingerprint density at radius 3 is 2.00 bits per heavy atom. The number of carbonyl (C=O) groups excluding carboxylic acids is 1. The van der Waals surface area contributed by atoms with Gasteiger partial charge in [-0.3, -0.25) is 9.59 Å². The Hall–Kier alpha value is -3.22. The molecule has 0 aromatic heterocycles. The van der Waals surface area contributed by atoms with Gasteiger partial charge in [0, 0.05) is 24.2 Å². The zero-order valence-electron chi connectivity index (χ0n) is 15.7. The van der Waals surface area contributed by atoms with Gasteiger partial charge in [-0.2, -0.15) is 0 Å². The molecule has 0 radical (unpaired) electrons. The smallest absolute Gasteiger partial charge is 0.314 e. The number of amides is 1. The number of carbonyl (C=O) groups is 2. The van der Waals surface area contributed by atoms with E-state index < -0.39 is 17.3 Å². The van der Waals surface area contributed by atoms with E-state index in [4.69, 9.17) is 14.2 Å². The van der Waals surface area contributed by atoms with Gasteiger partial charge in [0.25, 0.3) is 0 Å². The first-order valence-corrected chi connectivity index (χ1v) is 8.24. The number of rotatable bonds is 8. The van der Waals surface area contributed by atoms with E-state index in [0.717, 1.165) is 0 Å². The molecule has 0 aliphatic carbocycles. The quantitative estimate of drug-likeness (QED) is 0.738. The fourth-order valence-electron chi connectivity index (χ4n) is 2.79. The predicted octanol–water partition coefficient (Wildman–Crippen LogP) is 3.08. The largest absolute Gasteiger partial charge is 0.493 e. The van der Waals surface area contributed by atoms with E-state index in [1.54, 1.807) is 42.5 Å². The van der Waals surface area contributed by atoms with E-state index >= 15 is 0 Å². The molecule has 0 heterocycles. The average molecular weight is 373 g/mol. The molecule has 0 aliphatic heterocycles. The van der Waals surface area contributed by atoms with Crippen LogP contribution in [-0.2, 0) is 15.0 Å². The molecule has 0 saturated carbocycles. The molecular formula is C20H23NO6. The van der Waals surface area contributed by atoms with Crippen molar-refractivity contribution in [2.24, 2.45) is 0 Å². The summed E-state index contributed by atoms with van der Waals surface area (Å²) in [6.07, 6.45) is -0.233. The van der Waals surface area contributed by atoms with Gasteiger partial charge in [-0.25, -0.2) is 0 Å². The lowest BCUT2D eigenvalue weighted by Gasteiger charge is -2.25. The van der Waals surface area contributed by atoms with Crippen LogP contribution in [0.15, 0.2) is 42.5 Å². The summed E-state index contributed by atoms with van der Waals surface area (Å²) in [5, 5.41) is 12.4. The fraction of sp³-hybridized carbons (Fsp3) is 0.300. The number of hydrogen-bond donors (Lipinski definition) is 2. The maximum atomic E-state index is 12.6. The van der Waals surface area contributed by atoms with Crippen LogP contribution in [0.5, 0.6) is 17.2 Å². The van der Waals surface area contributed by atoms with Crippen molar-refractivity contribution in [2.75, 3.05) is 26.6 Å². The highest BCUT2D eigenvalue weighted by molar-refractivity contribution is 5.96. The van der Waals surface area contributed by atoms with E-state index in [0.29, 0.717) is 28.5 Å². The van der Waals surface area contributed by atoms with Crippen molar-refractivity contribution in [1.29, 1.82) is 0 Å². The lowest BCUT2D eigenvalue weighted by molar-refractivity contribution is -0.145. The van der Waals surface area contributed by atoms with Gasteiger partial charge >= 0.3 is 5.97 Å². The fourth-order valence-corrected chi connectivity index (χ4v) is 2.79. The zero-order chi connectivity index (χ0) is 20.0. The number of benzene rings is 2. The van der Waals surface area contributed by atoms with E-state index in [1.807, 2.05) is 0 Å². The number of hydrogen-bond acceptors (Lipinski definition) is 5. The Bertz CT molecular complexity index is 795. The summed E-state index contributed by atoms with van der Waals surface area (Å²) in [6, 6.07) is 11.8. The van der Waals surface area contributed by atoms with Crippen molar-refractivity contribution in [1.82, 2.24) is 0 Å². The van der Waals surface area contributed by atoms with Crippen LogP contribution >= 0.6 is 0 Å². The Morgan fingerprint density at radius 1 is 1.00 bits per heavy atom. The molecule has 2 aromatic rings. The van der Waals surface area contributed by atoms with Crippen molar-refractivity contribution in [3.05, 3.63) is 48.0 Å². The van der Waals surface area contributed by atoms with Crippen LogP contribution in [0.2, 0.25) is 0 Å². The lowest BCUT2D eigenvalue weighted by Crippen LogP contribution is -2.36. The predicted molar refractivity (Wildman–Crippen MR) is 101 cm³/mol. The summed E-state index contributed by atoms with van der Waals surface area (Å²) in [5.74, 6) is -0.350. The first kappa shape index (κ1) is 20.1. The van der Waals surface area contributed by atoms with Crippen molar-refractivity contribution in [3.8, 4) is 17.2 Å². The lowest BCUT2D eigenvalue weighted by atomic mass is 9.79. The number of methoxy groups -OCH3 is 3. The second-order valence-electron chi connectivity index (χ2n) is 6.14. The maximum absolute atomic E-state index is 12.6. The number of aliphatic carboxylic acids is 1. The second-order valence-corrected chi connectivity index (χ2v) is 6.14. The van der Waals surface area contributed by atoms with Gasteiger partial charge in [0.1, 0.15) is 0 Å². The minimum absolute atomic E-state index is 0.233. The third kappa shape index (κ3) is 4.31.